The third-order valence-corrected chi connectivity index (χ3v) is 3.00. The highest BCUT2D eigenvalue weighted by Gasteiger charge is 2.24. The van der Waals surface area contributed by atoms with E-state index in [1.807, 2.05) is 4.68 Å². The fourth-order valence-corrected chi connectivity index (χ4v) is 1.99. The molecule has 0 amide bonds. The van der Waals surface area contributed by atoms with E-state index < -0.39 is 0 Å². The second-order valence-electron chi connectivity index (χ2n) is 5.07. The van der Waals surface area contributed by atoms with E-state index >= 15 is 0 Å². The maximum atomic E-state index is 6.01. The van der Waals surface area contributed by atoms with E-state index in [1.54, 1.807) is 0 Å². The molecule has 0 bridgehead atoms. The Morgan fingerprint density at radius 1 is 1.53 bits per heavy atom. The van der Waals surface area contributed by atoms with Gasteiger partial charge in [0.1, 0.15) is 5.82 Å². The van der Waals surface area contributed by atoms with E-state index in [0.717, 1.165) is 31.0 Å². The first-order valence-electron chi connectivity index (χ1n) is 5.74. The zero-order valence-corrected chi connectivity index (χ0v) is 9.77. The van der Waals surface area contributed by atoms with Gasteiger partial charge in [-0.3, -0.25) is 0 Å². The molecule has 1 aliphatic heterocycles. The molecule has 0 saturated heterocycles. The number of fused-ring (bicyclic) bond motifs is 1. The number of rotatable bonds is 2. The lowest BCUT2D eigenvalue weighted by Gasteiger charge is -2.25. The molecule has 4 heteroatoms. The van der Waals surface area contributed by atoms with Crippen LogP contribution in [0.4, 0.5) is 0 Å². The maximum absolute atomic E-state index is 6.01. The van der Waals surface area contributed by atoms with E-state index in [4.69, 9.17) is 5.73 Å². The number of nitrogens with zero attached hydrogens (tertiary/aromatic N) is 3. The minimum absolute atomic E-state index is 0.228. The highest BCUT2D eigenvalue weighted by Crippen LogP contribution is 2.18. The first-order chi connectivity index (χ1) is 7.06. The molecule has 0 radical (unpaired) electrons. The van der Waals surface area contributed by atoms with E-state index in [1.165, 1.54) is 0 Å². The Kier molecular flexibility index (Phi) is 2.78. The van der Waals surface area contributed by atoms with Crippen molar-refractivity contribution in [2.24, 2.45) is 17.6 Å². The van der Waals surface area contributed by atoms with Crippen LogP contribution >= 0.6 is 0 Å². The molecule has 2 rings (SSSR count). The average molecular weight is 208 g/mol. The molecule has 1 aliphatic rings. The summed E-state index contributed by atoms with van der Waals surface area (Å²) in [7, 11) is 0. The molecule has 0 aromatic carbocycles. The molecular formula is C11H20N4. The predicted molar refractivity (Wildman–Crippen MR) is 59.4 cm³/mol. The minimum atomic E-state index is 0.228. The molecule has 2 heterocycles. The highest BCUT2D eigenvalue weighted by atomic mass is 15.4. The largest absolute Gasteiger partial charge is 0.326 e. The molecule has 0 fully saturated rings. The van der Waals surface area contributed by atoms with Crippen LogP contribution in [0.1, 0.15) is 32.4 Å². The van der Waals surface area contributed by atoms with Gasteiger partial charge in [-0.1, -0.05) is 20.8 Å². The Bertz CT molecular complexity index is 315. The van der Waals surface area contributed by atoms with Crippen LogP contribution in [0, 0.1) is 11.8 Å². The van der Waals surface area contributed by atoms with Crippen molar-refractivity contribution in [3.63, 3.8) is 0 Å². The van der Waals surface area contributed by atoms with Crippen LogP contribution in [0.2, 0.25) is 0 Å². The number of hydrogen-bond donors (Lipinski definition) is 1. The molecule has 84 valence electrons. The fraction of sp³-hybridized carbons (Fsp3) is 0.818. The van der Waals surface area contributed by atoms with Gasteiger partial charge in [-0.15, -0.1) is 0 Å². The van der Waals surface area contributed by atoms with Gasteiger partial charge < -0.3 is 5.73 Å². The summed E-state index contributed by atoms with van der Waals surface area (Å²) < 4.78 is 1.99. The van der Waals surface area contributed by atoms with Crippen LogP contribution in [0.25, 0.3) is 0 Å². The first-order valence-corrected chi connectivity index (χ1v) is 5.74. The molecule has 1 aromatic rings. The summed E-state index contributed by atoms with van der Waals surface area (Å²) in [5, 5.41) is 4.50. The van der Waals surface area contributed by atoms with Gasteiger partial charge in [0, 0.05) is 18.9 Å². The SMILES string of the molecule is CC(C)Cc1nc2n(n1)CC(N)C(C)C2. The van der Waals surface area contributed by atoms with Crippen molar-refractivity contribution in [2.75, 3.05) is 0 Å². The van der Waals surface area contributed by atoms with Crippen molar-refractivity contribution in [2.45, 2.75) is 46.2 Å². The Morgan fingerprint density at radius 3 is 2.93 bits per heavy atom. The molecule has 4 nitrogen and oxygen atoms in total. The lowest BCUT2D eigenvalue weighted by Crippen LogP contribution is -2.39. The first kappa shape index (κ1) is 10.6. The molecule has 0 aliphatic carbocycles. The number of nitrogens with two attached hydrogens (primary N) is 1. The second-order valence-corrected chi connectivity index (χ2v) is 5.07. The molecule has 2 atom stereocenters. The van der Waals surface area contributed by atoms with Gasteiger partial charge in [-0.25, -0.2) is 9.67 Å². The summed E-state index contributed by atoms with van der Waals surface area (Å²) in [6, 6.07) is 0.228. The van der Waals surface area contributed by atoms with Crippen molar-refractivity contribution in [3.8, 4) is 0 Å². The van der Waals surface area contributed by atoms with Gasteiger partial charge >= 0.3 is 0 Å². The Morgan fingerprint density at radius 2 is 2.27 bits per heavy atom. The normalized spacial score (nSPS) is 25.7. The van der Waals surface area contributed by atoms with Crippen LogP contribution in [0.3, 0.4) is 0 Å². The highest BCUT2D eigenvalue weighted by molar-refractivity contribution is 5.00. The van der Waals surface area contributed by atoms with Crippen molar-refractivity contribution < 1.29 is 0 Å². The monoisotopic (exact) mass is 208 g/mol. The summed E-state index contributed by atoms with van der Waals surface area (Å²) in [5.41, 5.74) is 6.01. The Hall–Kier alpha value is -0.900. The van der Waals surface area contributed by atoms with Crippen molar-refractivity contribution in [1.82, 2.24) is 14.8 Å². The topological polar surface area (TPSA) is 56.7 Å². The summed E-state index contributed by atoms with van der Waals surface area (Å²) >= 11 is 0. The quantitative estimate of drug-likeness (QED) is 0.788. The zero-order valence-electron chi connectivity index (χ0n) is 9.77. The molecule has 1 aromatic heterocycles. The molecule has 0 saturated carbocycles. The summed E-state index contributed by atoms with van der Waals surface area (Å²) in [4.78, 5) is 4.57. The predicted octanol–water partition coefficient (Wildman–Crippen LogP) is 0.996. The lowest BCUT2D eigenvalue weighted by molar-refractivity contribution is 0.330. The van der Waals surface area contributed by atoms with Gasteiger partial charge in [0.2, 0.25) is 0 Å². The van der Waals surface area contributed by atoms with Crippen molar-refractivity contribution in [3.05, 3.63) is 11.6 Å². The minimum Gasteiger partial charge on any atom is -0.326 e. The van der Waals surface area contributed by atoms with Crippen LogP contribution in [-0.4, -0.2) is 20.8 Å². The maximum Gasteiger partial charge on any atom is 0.151 e. The van der Waals surface area contributed by atoms with Gasteiger partial charge in [-0.05, 0) is 11.8 Å². The zero-order chi connectivity index (χ0) is 11.0. The fourth-order valence-electron chi connectivity index (χ4n) is 1.99. The summed E-state index contributed by atoms with van der Waals surface area (Å²) in [6.07, 6.45) is 1.93. The lowest BCUT2D eigenvalue weighted by atomic mass is 9.96. The molecule has 2 unspecified atom stereocenters. The summed E-state index contributed by atoms with van der Waals surface area (Å²) in [5.74, 6) is 3.22. The molecule has 15 heavy (non-hydrogen) atoms. The average Bonchev–Trinajstić information content (AvgIpc) is 2.46. The van der Waals surface area contributed by atoms with Crippen LogP contribution in [-0.2, 0) is 19.4 Å². The van der Waals surface area contributed by atoms with E-state index in [0.29, 0.717) is 11.8 Å². The van der Waals surface area contributed by atoms with Gasteiger partial charge in [0.15, 0.2) is 5.82 Å². The smallest absolute Gasteiger partial charge is 0.151 e. The van der Waals surface area contributed by atoms with E-state index in [2.05, 4.69) is 30.9 Å². The van der Waals surface area contributed by atoms with Crippen LogP contribution in [0.15, 0.2) is 0 Å². The standard InChI is InChI=1S/C11H20N4/c1-7(2)4-10-13-11-5-8(3)9(12)6-15(11)14-10/h7-9H,4-6,12H2,1-3H3. The molecule has 0 spiro atoms. The van der Waals surface area contributed by atoms with E-state index in [-0.39, 0.29) is 6.04 Å². The van der Waals surface area contributed by atoms with Gasteiger partial charge in [-0.2, -0.15) is 5.10 Å². The Balaban J connectivity index is 2.18. The molecular weight excluding hydrogens is 188 g/mol. The van der Waals surface area contributed by atoms with Crippen LogP contribution < -0.4 is 5.73 Å². The Labute approximate surface area is 90.9 Å². The third-order valence-electron chi connectivity index (χ3n) is 3.00. The van der Waals surface area contributed by atoms with Crippen LogP contribution in [0.5, 0.6) is 0 Å². The second kappa shape index (κ2) is 3.93. The number of aromatic nitrogens is 3. The van der Waals surface area contributed by atoms with Crippen molar-refractivity contribution >= 4 is 0 Å². The van der Waals surface area contributed by atoms with Gasteiger partial charge in [0.25, 0.3) is 0 Å². The van der Waals surface area contributed by atoms with Gasteiger partial charge in [0.05, 0.1) is 6.54 Å². The van der Waals surface area contributed by atoms with E-state index in [9.17, 15) is 0 Å². The summed E-state index contributed by atoms with van der Waals surface area (Å²) in [6.45, 7) is 7.38. The third kappa shape index (κ3) is 2.20. The number of hydrogen-bond acceptors (Lipinski definition) is 3. The van der Waals surface area contributed by atoms with Crippen molar-refractivity contribution in [1.29, 1.82) is 0 Å². The molecule has 2 N–H and O–H groups in total.